The molecular formula is C9H21NO. The maximum atomic E-state index is 5.66. The van der Waals surface area contributed by atoms with Gasteiger partial charge in [0.05, 0.1) is 6.10 Å². The molecule has 2 atom stereocenters. The Balaban J connectivity index is 3.86. The van der Waals surface area contributed by atoms with Gasteiger partial charge in [-0.3, -0.25) is 0 Å². The molecule has 2 heteroatoms. The van der Waals surface area contributed by atoms with Crippen LogP contribution in [0.5, 0.6) is 0 Å². The van der Waals surface area contributed by atoms with Gasteiger partial charge in [0.25, 0.3) is 0 Å². The molecule has 0 fully saturated rings. The zero-order valence-corrected chi connectivity index (χ0v) is 8.18. The second kappa shape index (κ2) is 4.73. The minimum absolute atomic E-state index is 0.259. The van der Waals surface area contributed by atoms with Crippen molar-refractivity contribution in [2.24, 2.45) is 11.1 Å². The van der Waals surface area contributed by atoms with Gasteiger partial charge in [-0.2, -0.15) is 0 Å². The Kier molecular flexibility index (Phi) is 4.69. The van der Waals surface area contributed by atoms with E-state index in [4.69, 9.17) is 10.5 Å². The fraction of sp³-hybridized carbons (Fsp3) is 1.00. The molecule has 2 unspecified atom stereocenters. The van der Waals surface area contributed by atoms with Crippen LogP contribution in [0.1, 0.15) is 33.6 Å². The quantitative estimate of drug-likeness (QED) is 0.663. The van der Waals surface area contributed by atoms with E-state index in [2.05, 4.69) is 20.8 Å². The van der Waals surface area contributed by atoms with E-state index in [1.807, 2.05) is 0 Å². The smallest absolute Gasteiger partial charge is 0.0548 e. The van der Waals surface area contributed by atoms with Crippen molar-refractivity contribution in [2.45, 2.75) is 39.7 Å². The zero-order chi connectivity index (χ0) is 8.91. The van der Waals surface area contributed by atoms with Crippen LogP contribution < -0.4 is 5.73 Å². The SMILES string of the molecule is CCC(C)(CN)CC(C)OC. The second-order valence-corrected chi connectivity index (χ2v) is 3.62. The van der Waals surface area contributed by atoms with Crippen molar-refractivity contribution < 1.29 is 4.74 Å². The van der Waals surface area contributed by atoms with E-state index in [1.54, 1.807) is 7.11 Å². The van der Waals surface area contributed by atoms with Crippen LogP contribution in [0, 0.1) is 5.41 Å². The summed E-state index contributed by atoms with van der Waals surface area (Å²) in [6.07, 6.45) is 2.50. The van der Waals surface area contributed by atoms with E-state index in [-0.39, 0.29) is 5.41 Å². The number of rotatable bonds is 5. The summed E-state index contributed by atoms with van der Waals surface area (Å²) in [5, 5.41) is 0. The standard InChI is InChI=1S/C9H21NO/c1-5-9(3,7-10)6-8(2)11-4/h8H,5-7,10H2,1-4H3. The summed E-state index contributed by atoms with van der Waals surface area (Å²) in [5.41, 5.74) is 5.92. The van der Waals surface area contributed by atoms with Crippen molar-refractivity contribution in [3.8, 4) is 0 Å². The molecule has 2 nitrogen and oxygen atoms in total. The van der Waals surface area contributed by atoms with Crippen LogP contribution in [0.4, 0.5) is 0 Å². The van der Waals surface area contributed by atoms with Gasteiger partial charge in [-0.1, -0.05) is 13.8 Å². The van der Waals surface area contributed by atoms with E-state index in [0.717, 1.165) is 19.4 Å². The van der Waals surface area contributed by atoms with Crippen molar-refractivity contribution in [1.29, 1.82) is 0 Å². The van der Waals surface area contributed by atoms with Crippen LogP contribution in [0.3, 0.4) is 0 Å². The Morgan fingerprint density at radius 1 is 1.55 bits per heavy atom. The Hall–Kier alpha value is -0.0800. The fourth-order valence-electron chi connectivity index (χ4n) is 1.15. The average Bonchev–Trinajstić information content (AvgIpc) is 2.04. The molecule has 68 valence electrons. The van der Waals surface area contributed by atoms with Crippen molar-refractivity contribution >= 4 is 0 Å². The van der Waals surface area contributed by atoms with E-state index in [1.165, 1.54) is 0 Å². The summed E-state index contributed by atoms with van der Waals surface area (Å²) in [7, 11) is 1.75. The van der Waals surface area contributed by atoms with Crippen LogP contribution in [-0.4, -0.2) is 19.8 Å². The van der Waals surface area contributed by atoms with Crippen LogP contribution in [0.15, 0.2) is 0 Å². The summed E-state index contributed by atoms with van der Waals surface area (Å²) >= 11 is 0. The van der Waals surface area contributed by atoms with E-state index in [9.17, 15) is 0 Å². The predicted octanol–water partition coefficient (Wildman–Crippen LogP) is 1.79. The molecule has 0 rings (SSSR count). The molecule has 2 N–H and O–H groups in total. The summed E-state index contributed by atoms with van der Waals surface area (Å²) in [5.74, 6) is 0. The largest absolute Gasteiger partial charge is 0.382 e. The van der Waals surface area contributed by atoms with Crippen LogP contribution >= 0.6 is 0 Å². The molecule has 0 aliphatic carbocycles. The first-order chi connectivity index (χ1) is 5.08. The molecular weight excluding hydrogens is 138 g/mol. The minimum Gasteiger partial charge on any atom is -0.382 e. The highest BCUT2D eigenvalue weighted by Crippen LogP contribution is 2.26. The average molecular weight is 159 g/mol. The first-order valence-corrected chi connectivity index (χ1v) is 4.31. The first-order valence-electron chi connectivity index (χ1n) is 4.31. The number of hydrogen-bond acceptors (Lipinski definition) is 2. The molecule has 0 amide bonds. The topological polar surface area (TPSA) is 35.2 Å². The van der Waals surface area contributed by atoms with Crippen LogP contribution in [0.2, 0.25) is 0 Å². The molecule has 11 heavy (non-hydrogen) atoms. The van der Waals surface area contributed by atoms with Gasteiger partial charge in [0.15, 0.2) is 0 Å². The van der Waals surface area contributed by atoms with Crippen LogP contribution in [0.25, 0.3) is 0 Å². The van der Waals surface area contributed by atoms with Gasteiger partial charge in [0, 0.05) is 7.11 Å². The highest BCUT2D eigenvalue weighted by atomic mass is 16.5. The van der Waals surface area contributed by atoms with Gasteiger partial charge < -0.3 is 10.5 Å². The van der Waals surface area contributed by atoms with Crippen LogP contribution in [-0.2, 0) is 4.74 Å². The highest BCUT2D eigenvalue weighted by molar-refractivity contribution is 4.75. The van der Waals surface area contributed by atoms with Crippen molar-refractivity contribution in [1.82, 2.24) is 0 Å². The third-order valence-electron chi connectivity index (χ3n) is 2.53. The molecule has 0 radical (unpaired) electrons. The lowest BCUT2D eigenvalue weighted by molar-refractivity contribution is 0.0709. The number of ether oxygens (including phenoxy) is 1. The summed E-state index contributed by atoms with van der Waals surface area (Å²) in [6, 6.07) is 0. The normalized spacial score (nSPS) is 19.4. The minimum atomic E-state index is 0.259. The highest BCUT2D eigenvalue weighted by Gasteiger charge is 2.22. The Morgan fingerprint density at radius 3 is 2.36 bits per heavy atom. The van der Waals surface area contributed by atoms with Gasteiger partial charge >= 0.3 is 0 Å². The number of methoxy groups -OCH3 is 1. The first kappa shape index (κ1) is 10.9. The van der Waals surface area contributed by atoms with Gasteiger partial charge in [0.2, 0.25) is 0 Å². The zero-order valence-electron chi connectivity index (χ0n) is 8.18. The van der Waals surface area contributed by atoms with Crippen molar-refractivity contribution in [3.63, 3.8) is 0 Å². The molecule has 0 aromatic heterocycles. The third-order valence-corrected chi connectivity index (χ3v) is 2.53. The lowest BCUT2D eigenvalue weighted by Gasteiger charge is -2.28. The fourth-order valence-corrected chi connectivity index (χ4v) is 1.15. The maximum absolute atomic E-state index is 5.66. The molecule has 0 aliphatic rings. The number of nitrogens with two attached hydrogens (primary N) is 1. The Labute approximate surface area is 70.1 Å². The maximum Gasteiger partial charge on any atom is 0.0548 e. The number of hydrogen-bond donors (Lipinski definition) is 1. The molecule has 0 spiro atoms. The van der Waals surface area contributed by atoms with E-state index >= 15 is 0 Å². The van der Waals surface area contributed by atoms with Gasteiger partial charge in [-0.05, 0) is 31.7 Å². The van der Waals surface area contributed by atoms with Gasteiger partial charge in [-0.15, -0.1) is 0 Å². The van der Waals surface area contributed by atoms with E-state index < -0.39 is 0 Å². The predicted molar refractivity (Wildman–Crippen MR) is 48.5 cm³/mol. The molecule has 0 saturated carbocycles. The Morgan fingerprint density at radius 2 is 2.09 bits per heavy atom. The van der Waals surface area contributed by atoms with Gasteiger partial charge in [-0.25, -0.2) is 0 Å². The lowest BCUT2D eigenvalue weighted by Crippen LogP contribution is -2.30. The van der Waals surface area contributed by atoms with E-state index in [0.29, 0.717) is 6.10 Å². The molecule has 0 bridgehead atoms. The van der Waals surface area contributed by atoms with Gasteiger partial charge in [0.1, 0.15) is 0 Å². The molecule has 0 aromatic rings. The Bertz CT molecular complexity index is 99.7. The lowest BCUT2D eigenvalue weighted by atomic mass is 9.82. The van der Waals surface area contributed by atoms with Crippen molar-refractivity contribution in [3.05, 3.63) is 0 Å². The molecule has 0 aromatic carbocycles. The molecule has 0 aliphatic heterocycles. The molecule has 0 saturated heterocycles. The monoisotopic (exact) mass is 159 g/mol. The second-order valence-electron chi connectivity index (χ2n) is 3.62. The summed E-state index contributed by atoms with van der Waals surface area (Å²) in [6.45, 7) is 7.22. The summed E-state index contributed by atoms with van der Waals surface area (Å²) in [4.78, 5) is 0. The summed E-state index contributed by atoms with van der Waals surface area (Å²) < 4.78 is 5.19. The van der Waals surface area contributed by atoms with Crippen molar-refractivity contribution in [2.75, 3.05) is 13.7 Å². The molecule has 0 heterocycles. The third kappa shape index (κ3) is 3.73.